The number of hydrogen-bond acceptors (Lipinski definition) is 4. The predicted molar refractivity (Wildman–Crippen MR) is 67.0 cm³/mol. The third-order valence-electron chi connectivity index (χ3n) is 3.25. The first-order valence-electron chi connectivity index (χ1n) is 6.26. The number of ether oxygens (including phenoxy) is 1. The van der Waals surface area contributed by atoms with Gasteiger partial charge in [-0.25, -0.2) is 9.97 Å². The van der Waals surface area contributed by atoms with Crippen molar-refractivity contribution in [3.05, 3.63) is 22.8 Å². The van der Waals surface area contributed by atoms with Crippen molar-refractivity contribution in [1.29, 1.82) is 0 Å². The Kier molecular flexibility index (Phi) is 3.74. The minimum Gasteiger partial charge on any atom is -0.374 e. The van der Waals surface area contributed by atoms with Crippen LogP contribution in [0.1, 0.15) is 55.6 Å². The van der Waals surface area contributed by atoms with Crippen LogP contribution in [0.25, 0.3) is 0 Å². The molecule has 2 rings (SSSR count). The second-order valence-corrected chi connectivity index (χ2v) is 4.85. The lowest BCUT2D eigenvalue weighted by Gasteiger charge is -2.22. The van der Waals surface area contributed by atoms with Gasteiger partial charge in [-0.1, -0.05) is 13.8 Å². The average Bonchev–Trinajstić information content (AvgIpc) is 2.36. The number of nitrogens with one attached hydrogen (secondary N) is 1. The van der Waals surface area contributed by atoms with Crippen LogP contribution < -0.4 is 5.32 Å². The van der Waals surface area contributed by atoms with E-state index in [2.05, 4.69) is 24.1 Å². The van der Waals surface area contributed by atoms with E-state index in [-0.39, 0.29) is 6.10 Å². The van der Waals surface area contributed by atoms with Crippen molar-refractivity contribution in [3.8, 4) is 0 Å². The first-order chi connectivity index (χ1) is 8.13. The van der Waals surface area contributed by atoms with E-state index in [4.69, 9.17) is 9.72 Å². The molecule has 0 saturated heterocycles. The number of hydrogen-bond donors (Lipinski definition) is 1. The lowest BCUT2D eigenvalue weighted by molar-refractivity contribution is 0.111. The van der Waals surface area contributed by atoms with Crippen LogP contribution in [-0.4, -0.2) is 23.6 Å². The summed E-state index contributed by atoms with van der Waals surface area (Å²) < 4.78 is 5.32. The van der Waals surface area contributed by atoms with Crippen LogP contribution in [0.5, 0.6) is 0 Å². The van der Waals surface area contributed by atoms with Crippen LogP contribution in [-0.2, 0) is 17.7 Å². The van der Waals surface area contributed by atoms with Gasteiger partial charge < -0.3 is 10.1 Å². The predicted octanol–water partition coefficient (Wildman–Crippen LogP) is 1.95. The fourth-order valence-electron chi connectivity index (χ4n) is 2.17. The molecule has 2 heterocycles. The van der Waals surface area contributed by atoms with Crippen molar-refractivity contribution in [2.45, 2.75) is 45.8 Å². The number of rotatable bonds is 3. The summed E-state index contributed by atoms with van der Waals surface area (Å²) in [6.45, 7) is 8.23. The van der Waals surface area contributed by atoms with Crippen molar-refractivity contribution >= 4 is 0 Å². The van der Waals surface area contributed by atoms with E-state index in [1.807, 2.05) is 6.92 Å². The Balaban J connectivity index is 2.48. The monoisotopic (exact) mass is 235 g/mol. The summed E-state index contributed by atoms with van der Waals surface area (Å²) in [5.74, 6) is 1.24. The maximum atomic E-state index is 5.32. The van der Waals surface area contributed by atoms with Gasteiger partial charge in [-0.2, -0.15) is 0 Å². The van der Waals surface area contributed by atoms with E-state index >= 15 is 0 Å². The number of methoxy groups -OCH3 is 1. The molecule has 1 atom stereocenters. The van der Waals surface area contributed by atoms with Crippen molar-refractivity contribution in [1.82, 2.24) is 15.3 Å². The first kappa shape index (κ1) is 12.5. The topological polar surface area (TPSA) is 47.0 Å². The van der Waals surface area contributed by atoms with E-state index in [9.17, 15) is 0 Å². The standard InChI is InChI=1S/C13H21N3O/c1-8(2)12-10-5-6-14-7-11(10)15-13(16-12)9(3)17-4/h8-9,14H,5-7H2,1-4H3. The molecule has 0 saturated carbocycles. The Hall–Kier alpha value is -1.00. The van der Waals surface area contributed by atoms with E-state index < -0.39 is 0 Å². The average molecular weight is 235 g/mol. The van der Waals surface area contributed by atoms with E-state index in [0.717, 1.165) is 31.0 Å². The minimum absolute atomic E-state index is 0.0419. The summed E-state index contributed by atoms with van der Waals surface area (Å²) in [5, 5.41) is 3.36. The molecule has 1 aromatic rings. The van der Waals surface area contributed by atoms with Gasteiger partial charge in [0.15, 0.2) is 5.82 Å². The van der Waals surface area contributed by atoms with Gasteiger partial charge in [0, 0.05) is 13.7 Å². The summed E-state index contributed by atoms with van der Waals surface area (Å²) in [4.78, 5) is 9.32. The van der Waals surface area contributed by atoms with Crippen molar-refractivity contribution in [2.75, 3.05) is 13.7 Å². The van der Waals surface area contributed by atoms with Crippen LogP contribution in [0.4, 0.5) is 0 Å². The number of fused-ring (bicyclic) bond motifs is 1. The van der Waals surface area contributed by atoms with Gasteiger partial charge in [0.25, 0.3) is 0 Å². The van der Waals surface area contributed by atoms with E-state index in [0.29, 0.717) is 5.92 Å². The Bertz CT molecular complexity index is 404. The maximum absolute atomic E-state index is 5.32. The second kappa shape index (κ2) is 5.10. The minimum atomic E-state index is -0.0419. The SMILES string of the molecule is COC(C)c1nc2c(c(C(C)C)n1)CCNC2. The molecule has 0 bridgehead atoms. The lowest BCUT2D eigenvalue weighted by atomic mass is 9.97. The summed E-state index contributed by atoms with van der Waals surface area (Å²) in [5.41, 5.74) is 3.68. The van der Waals surface area contributed by atoms with Gasteiger partial charge in [0.1, 0.15) is 6.10 Å². The molecular formula is C13H21N3O. The highest BCUT2D eigenvalue weighted by molar-refractivity contribution is 5.30. The fourth-order valence-corrected chi connectivity index (χ4v) is 2.17. The van der Waals surface area contributed by atoms with Crippen LogP contribution in [0.15, 0.2) is 0 Å². The molecule has 0 aromatic carbocycles. The maximum Gasteiger partial charge on any atom is 0.157 e. The van der Waals surface area contributed by atoms with Crippen LogP contribution in [0.2, 0.25) is 0 Å². The molecule has 94 valence electrons. The molecule has 0 fully saturated rings. The largest absolute Gasteiger partial charge is 0.374 e. The number of aromatic nitrogens is 2. The fraction of sp³-hybridized carbons (Fsp3) is 0.692. The molecule has 17 heavy (non-hydrogen) atoms. The zero-order valence-corrected chi connectivity index (χ0v) is 11.1. The lowest BCUT2D eigenvalue weighted by Crippen LogP contribution is -2.28. The molecule has 0 spiro atoms. The normalized spacial score (nSPS) is 17.0. The van der Waals surface area contributed by atoms with Gasteiger partial charge >= 0.3 is 0 Å². The van der Waals surface area contributed by atoms with Gasteiger partial charge in [0.2, 0.25) is 0 Å². The quantitative estimate of drug-likeness (QED) is 0.870. The molecule has 0 radical (unpaired) electrons. The Morgan fingerprint density at radius 3 is 2.65 bits per heavy atom. The van der Waals surface area contributed by atoms with Crippen LogP contribution in [0.3, 0.4) is 0 Å². The van der Waals surface area contributed by atoms with Crippen LogP contribution in [0, 0.1) is 0 Å². The molecule has 0 amide bonds. The van der Waals surface area contributed by atoms with Gasteiger partial charge in [-0.15, -0.1) is 0 Å². The Labute approximate surface area is 103 Å². The summed E-state index contributed by atoms with van der Waals surface area (Å²) in [6, 6.07) is 0. The summed E-state index contributed by atoms with van der Waals surface area (Å²) in [7, 11) is 1.70. The first-order valence-corrected chi connectivity index (χ1v) is 6.26. The molecular weight excluding hydrogens is 214 g/mol. The summed E-state index contributed by atoms with van der Waals surface area (Å²) >= 11 is 0. The molecule has 4 heteroatoms. The molecule has 4 nitrogen and oxygen atoms in total. The number of nitrogens with zero attached hydrogens (tertiary/aromatic N) is 2. The summed E-state index contributed by atoms with van der Waals surface area (Å²) in [6.07, 6.45) is 0.990. The Morgan fingerprint density at radius 2 is 2.00 bits per heavy atom. The molecule has 1 aliphatic rings. The van der Waals surface area contributed by atoms with Gasteiger partial charge in [-0.05, 0) is 31.4 Å². The van der Waals surface area contributed by atoms with E-state index in [1.165, 1.54) is 11.3 Å². The van der Waals surface area contributed by atoms with Gasteiger partial charge in [-0.3, -0.25) is 0 Å². The zero-order chi connectivity index (χ0) is 12.4. The highest BCUT2D eigenvalue weighted by Crippen LogP contribution is 2.24. The highest BCUT2D eigenvalue weighted by Gasteiger charge is 2.20. The van der Waals surface area contributed by atoms with E-state index in [1.54, 1.807) is 7.11 Å². The third-order valence-corrected chi connectivity index (χ3v) is 3.25. The molecule has 1 N–H and O–H groups in total. The van der Waals surface area contributed by atoms with Crippen molar-refractivity contribution in [2.24, 2.45) is 0 Å². The molecule has 1 unspecified atom stereocenters. The smallest absolute Gasteiger partial charge is 0.157 e. The van der Waals surface area contributed by atoms with Crippen LogP contribution >= 0.6 is 0 Å². The highest BCUT2D eigenvalue weighted by atomic mass is 16.5. The third kappa shape index (κ3) is 2.48. The van der Waals surface area contributed by atoms with Crippen molar-refractivity contribution < 1.29 is 4.74 Å². The zero-order valence-electron chi connectivity index (χ0n) is 11.1. The molecule has 1 aliphatic heterocycles. The second-order valence-electron chi connectivity index (χ2n) is 4.85. The Morgan fingerprint density at radius 1 is 1.24 bits per heavy atom. The molecule has 0 aliphatic carbocycles. The van der Waals surface area contributed by atoms with Gasteiger partial charge in [0.05, 0.1) is 11.4 Å². The molecule has 1 aromatic heterocycles. The van der Waals surface area contributed by atoms with Crippen molar-refractivity contribution in [3.63, 3.8) is 0 Å².